The van der Waals surface area contributed by atoms with E-state index >= 15 is 0 Å². The summed E-state index contributed by atoms with van der Waals surface area (Å²) >= 11 is 0. The molecule has 0 spiro atoms. The summed E-state index contributed by atoms with van der Waals surface area (Å²) in [5, 5.41) is 10.5. The maximum Gasteiger partial charge on any atom is 0.123 e. The van der Waals surface area contributed by atoms with Gasteiger partial charge in [0.2, 0.25) is 0 Å². The van der Waals surface area contributed by atoms with E-state index in [-0.39, 0.29) is 30.3 Å². The first-order valence-corrected chi connectivity index (χ1v) is 8.60. The average molecular weight is 365 g/mol. The first-order chi connectivity index (χ1) is 11.6. The Bertz CT molecular complexity index is 638. The lowest BCUT2D eigenvalue weighted by atomic mass is 10.0. The van der Waals surface area contributed by atoms with Gasteiger partial charge < -0.3 is 10.8 Å². The van der Waals surface area contributed by atoms with Crippen LogP contribution >= 0.6 is 12.4 Å². The van der Waals surface area contributed by atoms with Crippen LogP contribution in [0.25, 0.3) is 0 Å². The quantitative estimate of drug-likeness (QED) is 0.826. The molecule has 3 atom stereocenters. The number of aliphatic hydroxyl groups is 1. The Labute approximate surface area is 155 Å². The Morgan fingerprint density at radius 3 is 2.48 bits per heavy atom. The van der Waals surface area contributed by atoms with Crippen molar-refractivity contribution < 1.29 is 9.50 Å². The summed E-state index contributed by atoms with van der Waals surface area (Å²) in [6.45, 7) is 1.49. The van der Waals surface area contributed by atoms with Gasteiger partial charge in [0.05, 0.1) is 6.10 Å². The topological polar surface area (TPSA) is 49.5 Å². The molecule has 0 radical (unpaired) electrons. The summed E-state index contributed by atoms with van der Waals surface area (Å²) in [6.07, 6.45) is 2.21. The second-order valence-corrected chi connectivity index (χ2v) is 6.63. The number of nitrogens with two attached hydrogens (primary N) is 1. The summed E-state index contributed by atoms with van der Waals surface area (Å²) in [5.74, 6) is -0.215. The van der Waals surface area contributed by atoms with Gasteiger partial charge >= 0.3 is 0 Å². The van der Waals surface area contributed by atoms with Gasteiger partial charge in [-0.25, -0.2) is 4.39 Å². The molecular formula is C20H26ClFN2O. The molecule has 1 saturated heterocycles. The molecule has 25 heavy (non-hydrogen) atoms. The fraction of sp³-hybridized carbons (Fsp3) is 0.400. The van der Waals surface area contributed by atoms with Gasteiger partial charge in [-0.3, -0.25) is 4.90 Å². The first-order valence-electron chi connectivity index (χ1n) is 8.60. The lowest BCUT2D eigenvalue weighted by molar-refractivity contribution is 0.0851. The van der Waals surface area contributed by atoms with E-state index in [1.807, 2.05) is 42.5 Å². The molecule has 0 bridgehead atoms. The van der Waals surface area contributed by atoms with E-state index in [1.54, 1.807) is 0 Å². The number of rotatable bonds is 6. The molecule has 3 N–H and O–H groups in total. The largest absolute Gasteiger partial charge is 0.390 e. The summed E-state index contributed by atoms with van der Waals surface area (Å²) in [6, 6.07) is 16.6. The number of hydrogen-bond acceptors (Lipinski definition) is 3. The minimum absolute atomic E-state index is 0. The van der Waals surface area contributed by atoms with E-state index in [4.69, 9.17) is 5.73 Å². The molecule has 3 rings (SSSR count). The van der Waals surface area contributed by atoms with Crippen LogP contribution in [0, 0.1) is 5.82 Å². The lowest BCUT2D eigenvalue weighted by Gasteiger charge is -2.29. The van der Waals surface area contributed by atoms with Crippen molar-refractivity contribution in [2.75, 3.05) is 13.1 Å². The average Bonchev–Trinajstić information content (AvgIpc) is 3.04. The number of halogens is 2. The third-order valence-corrected chi connectivity index (χ3v) is 4.85. The Hall–Kier alpha value is -1.46. The number of aliphatic hydroxyl groups excluding tert-OH is 1. The highest BCUT2D eigenvalue weighted by Crippen LogP contribution is 2.32. The summed E-state index contributed by atoms with van der Waals surface area (Å²) in [4.78, 5) is 2.27. The van der Waals surface area contributed by atoms with Crippen LogP contribution in [-0.4, -0.2) is 35.2 Å². The van der Waals surface area contributed by atoms with Gasteiger partial charge in [0.1, 0.15) is 5.82 Å². The van der Waals surface area contributed by atoms with Gasteiger partial charge in [0.15, 0.2) is 0 Å². The Morgan fingerprint density at radius 1 is 1.12 bits per heavy atom. The first kappa shape index (κ1) is 19.9. The van der Waals surface area contributed by atoms with Crippen LogP contribution in [0.4, 0.5) is 4.39 Å². The molecule has 1 aliphatic heterocycles. The monoisotopic (exact) mass is 364 g/mol. The maximum absolute atomic E-state index is 13.1. The minimum Gasteiger partial charge on any atom is -0.390 e. The van der Waals surface area contributed by atoms with Crippen molar-refractivity contribution in [3.8, 4) is 0 Å². The van der Waals surface area contributed by atoms with Crippen molar-refractivity contribution in [2.24, 2.45) is 5.73 Å². The van der Waals surface area contributed by atoms with E-state index in [0.717, 1.165) is 30.5 Å². The normalized spacial score (nSPS) is 20.0. The molecule has 2 aromatic carbocycles. The van der Waals surface area contributed by atoms with Crippen molar-refractivity contribution in [2.45, 2.75) is 37.5 Å². The van der Waals surface area contributed by atoms with Crippen molar-refractivity contribution >= 4 is 12.4 Å². The molecule has 3 nitrogen and oxygen atoms in total. The van der Waals surface area contributed by atoms with Gasteiger partial charge in [-0.2, -0.15) is 0 Å². The fourth-order valence-electron chi connectivity index (χ4n) is 3.51. The molecule has 0 aromatic heterocycles. The van der Waals surface area contributed by atoms with E-state index in [0.29, 0.717) is 13.0 Å². The molecule has 0 aliphatic carbocycles. The molecule has 136 valence electrons. The maximum atomic E-state index is 13.1. The van der Waals surface area contributed by atoms with Gasteiger partial charge in [0.25, 0.3) is 0 Å². The fourth-order valence-corrected chi connectivity index (χ4v) is 3.51. The van der Waals surface area contributed by atoms with Crippen LogP contribution in [0.1, 0.15) is 30.0 Å². The molecule has 0 saturated carbocycles. The van der Waals surface area contributed by atoms with Crippen molar-refractivity contribution in [1.29, 1.82) is 0 Å². The smallest absolute Gasteiger partial charge is 0.123 e. The predicted molar refractivity (Wildman–Crippen MR) is 101 cm³/mol. The highest BCUT2D eigenvalue weighted by molar-refractivity contribution is 5.85. The van der Waals surface area contributed by atoms with Gasteiger partial charge in [-0.15, -0.1) is 12.4 Å². The highest BCUT2D eigenvalue weighted by Gasteiger charge is 2.29. The number of β-amino-alcohol motifs (C(OH)–C–C–N with tert-alkyl or cyclic N) is 1. The van der Waals surface area contributed by atoms with Crippen LogP contribution in [-0.2, 0) is 6.42 Å². The molecule has 1 heterocycles. The zero-order chi connectivity index (χ0) is 16.9. The summed E-state index contributed by atoms with van der Waals surface area (Å²) < 4.78 is 13.1. The molecular weight excluding hydrogens is 339 g/mol. The second kappa shape index (κ2) is 9.30. The third-order valence-electron chi connectivity index (χ3n) is 4.85. The van der Waals surface area contributed by atoms with E-state index in [9.17, 15) is 9.50 Å². The number of likely N-dealkylation sites (tertiary alicyclic amines) is 1. The standard InChI is InChI=1S/C20H25FN2O.ClH/c21-17-10-8-16(9-11-17)19-7-4-12-23(19)14-20(24)18(22)13-15-5-2-1-3-6-15;/h1-3,5-6,8-11,18-20,24H,4,7,12-14,22H2;1H/t18-,19+,20+;/m1./s1. The SMILES string of the molecule is Cl.N[C@H](Cc1ccccc1)[C@@H](O)CN1CCC[C@H]1c1ccc(F)cc1. The second-order valence-electron chi connectivity index (χ2n) is 6.63. The Kier molecular flexibility index (Phi) is 7.38. The number of hydrogen-bond donors (Lipinski definition) is 2. The van der Waals surface area contributed by atoms with Crippen LogP contribution in [0.2, 0.25) is 0 Å². The summed E-state index contributed by atoms with van der Waals surface area (Å²) in [7, 11) is 0. The molecule has 0 unspecified atom stereocenters. The Morgan fingerprint density at radius 2 is 1.80 bits per heavy atom. The molecule has 2 aromatic rings. The molecule has 1 aliphatic rings. The van der Waals surface area contributed by atoms with Crippen molar-refractivity contribution in [3.63, 3.8) is 0 Å². The van der Waals surface area contributed by atoms with Gasteiger partial charge in [-0.05, 0) is 49.1 Å². The number of benzene rings is 2. The van der Waals surface area contributed by atoms with Crippen LogP contribution in [0.5, 0.6) is 0 Å². The Balaban J connectivity index is 0.00000225. The molecule has 0 amide bonds. The van der Waals surface area contributed by atoms with E-state index in [1.165, 1.54) is 12.1 Å². The third kappa shape index (κ3) is 5.25. The van der Waals surface area contributed by atoms with E-state index in [2.05, 4.69) is 4.90 Å². The van der Waals surface area contributed by atoms with Crippen molar-refractivity contribution in [1.82, 2.24) is 4.90 Å². The number of nitrogens with zero attached hydrogens (tertiary/aromatic N) is 1. The van der Waals surface area contributed by atoms with Crippen LogP contribution in [0.3, 0.4) is 0 Å². The van der Waals surface area contributed by atoms with Crippen LogP contribution < -0.4 is 5.73 Å². The van der Waals surface area contributed by atoms with Crippen LogP contribution in [0.15, 0.2) is 54.6 Å². The highest BCUT2D eigenvalue weighted by atomic mass is 35.5. The lowest BCUT2D eigenvalue weighted by Crippen LogP contribution is -2.44. The minimum atomic E-state index is -0.578. The molecule has 5 heteroatoms. The van der Waals surface area contributed by atoms with Gasteiger partial charge in [0, 0.05) is 18.6 Å². The molecule has 1 fully saturated rings. The zero-order valence-corrected chi connectivity index (χ0v) is 15.0. The van der Waals surface area contributed by atoms with Crippen molar-refractivity contribution in [3.05, 3.63) is 71.5 Å². The summed E-state index contributed by atoms with van der Waals surface area (Å²) in [5.41, 5.74) is 8.45. The predicted octanol–water partition coefficient (Wildman–Crippen LogP) is 3.32. The van der Waals surface area contributed by atoms with Gasteiger partial charge in [-0.1, -0.05) is 42.5 Å². The zero-order valence-electron chi connectivity index (χ0n) is 14.2. The van der Waals surface area contributed by atoms with E-state index < -0.39 is 6.10 Å².